The van der Waals surface area contributed by atoms with E-state index in [1.165, 1.54) is 12.1 Å². The molecule has 0 N–H and O–H groups in total. The van der Waals surface area contributed by atoms with Crippen molar-refractivity contribution in [3.05, 3.63) is 68.2 Å². The predicted molar refractivity (Wildman–Crippen MR) is 91.9 cm³/mol. The van der Waals surface area contributed by atoms with Crippen LogP contribution in [0.3, 0.4) is 0 Å². The molecule has 0 spiro atoms. The third kappa shape index (κ3) is 4.18. The standard InChI is InChI=1S/C17H13BrN2O3/c1-2-23-17-7-6-12(9-16(17)18)8-14(11-19)13-4-3-5-15(10-13)20(21)22/h3-10H,2H2,1H3/b14-8-. The number of hydrogen-bond acceptors (Lipinski definition) is 4. The summed E-state index contributed by atoms with van der Waals surface area (Å²) in [4.78, 5) is 10.4. The van der Waals surface area contributed by atoms with Crippen molar-refractivity contribution in [2.45, 2.75) is 6.92 Å². The van der Waals surface area contributed by atoms with Gasteiger partial charge >= 0.3 is 0 Å². The lowest BCUT2D eigenvalue weighted by molar-refractivity contribution is -0.384. The fourth-order valence-corrected chi connectivity index (χ4v) is 2.52. The Bertz CT molecular complexity index is 810. The largest absolute Gasteiger partial charge is 0.493 e. The van der Waals surface area contributed by atoms with Gasteiger partial charge in [-0.1, -0.05) is 18.2 Å². The maximum absolute atomic E-state index is 10.8. The molecular weight excluding hydrogens is 360 g/mol. The van der Waals surface area contributed by atoms with E-state index >= 15 is 0 Å². The Morgan fingerprint density at radius 1 is 1.39 bits per heavy atom. The molecule has 116 valence electrons. The number of benzene rings is 2. The van der Waals surface area contributed by atoms with Crippen LogP contribution in [0.5, 0.6) is 5.75 Å². The van der Waals surface area contributed by atoms with Gasteiger partial charge < -0.3 is 4.74 Å². The molecule has 0 saturated carbocycles. The second-order valence-electron chi connectivity index (χ2n) is 4.60. The molecule has 2 aromatic carbocycles. The van der Waals surface area contributed by atoms with Crippen LogP contribution >= 0.6 is 15.9 Å². The predicted octanol–water partition coefficient (Wildman–Crippen LogP) is 4.82. The number of halogens is 1. The number of nitriles is 1. The molecular formula is C17H13BrN2O3. The smallest absolute Gasteiger partial charge is 0.270 e. The van der Waals surface area contributed by atoms with Gasteiger partial charge in [0.25, 0.3) is 5.69 Å². The summed E-state index contributed by atoms with van der Waals surface area (Å²) in [5.74, 6) is 0.721. The van der Waals surface area contributed by atoms with Crippen molar-refractivity contribution in [2.24, 2.45) is 0 Å². The summed E-state index contributed by atoms with van der Waals surface area (Å²) in [5, 5.41) is 20.2. The molecule has 0 aromatic heterocycles. The van der Waals surface area contributed by atoms with E-state index in [0.29, 0.717) is 17.7 Å². The third-order valence-electron chi connectivity index (χ3n) is 3.06. The number of rotatable bonds is 5. The van der Waals surface area contributed by atoms with Gasteiger partial charge in [0.05, 0.1) is 27.6 Å². The Hall–Kier alpha value is -2.65. The molecule has 23 heavy (non-hydrogen) atoms. The van der Waals surface area contributed by atoms with Gasteiger partial charge in [0, 0.05) is 12.1 Å². The van der Waals surface area contributed by atoms with Crippen LogP contribution in [0.2, 0.25) is 0 Å². The zero-order chi connectivity index (χ0) is 16.8. The van der Waals surface area contributed by atoms with E-state index in [1.54, 1.807) is 18.2 Å². The first-order valence-electron chi connectivity index (χ1n) is 6.84. The number of non-ortho nitro benzene ring substituents is 1. The molecule has 0 aliphatic carbocycles. The molecule has 0 amide bonds. The highest BCUT2D eigenvalue weighted by atomic mass is 79.9. The Kier molecular flexibility index (Phi) is 5.50. The topological polar surface area (TPSA) is 76.2 Å². The molecule has 6 heteroatoms. The summed E-state index contributed by atoms with van der Waals surface area (Å²) in [6, 6.07) is 13.6. The average Bonchev–Trinajstić information content (AvgIpc) is 2.55. The molecule has 0 aliphatic heterocycles. The minimum atomic E-state index is -0.480. The van der Waals surface area contributed by atoms with Gasteiger partial charge in [-0.25, -0.2) is 0 Å². The fourth-order valence-electron chi connectivity index (χ4n) is 2.01. The quantitative estimate of drug-likeness (QED) is 0.326. The van der Waals surface area contributed by atoms with Crippen molar-refractivity contribution in [3.63, 3.8) is 0 Å². The summed E-state index contributed by atoms with van der Waals surface area (Å²) >= 11 is 3.42. The van der Waals surface area contributed by atoms with E-state index in [1.807, 2.05) is 25.1 Å². The highest BCUT2D eigenvalue weighted by Crippen LogP contribution is 2.28. The lowest BCUT2D eigenvalue weighted by atomic mass is 10.0. The number of ether oxygens (including phenoxy) is 1. The van der Waals surface area contributed by atoms with Gasteiger partial charge in [-0.2, -0.15) is 5.26 Å². The van der Waals surface area contributed by atoms with E-state index < -0.39 is 4.92 Å². The van der Waals surface area contributed by atoms with Crippen LogP contribution in [0, 0.1) is 21.4 Å². The summed E-state index contributed by atoms with van der Waals surface area (Å²) in [6.07, 6.45) is 1.68. The zero-order valence-electron chi connectivity index (χ0n) is 12.3. The minimum Gasteiger partial charge on any atom is -0.493 e. The normalized spacial score (nSPS) is 10.9. The van der Waals surface area contributed by atoms with Gasteiger partial charge in [-0.15, -0.1) is 0 Å². The molecule has 0 bridgehead atoms. The van der Waals surface area contributed by atoms with Crippen molar-refractivity contribution < 1.29 is 9.66 Å². The monoisotopic (exact) mass is 372 g/mol. The van der Waals surface area contributed by atoms with Crippen molar-refractivity contribution in [1.29, 1.82) is 5.26 Å². The summed E-state index contributed by atoms with van der Waals surface area (Å²) < 4.78 is 6.22. The summed E-state index contributed by atoms with van der Waals surface area (Å²) in [5.41, 5.74) is 1.61. The molecule has 5 nitrogen and oxygen atoms in total. The van der Waals surface area contributed by atoms with Crippen molar-refractivity contribution in [1.82, 2.24) is 0 Å². The molecule has 2 rings (SSSR count). The number of nitro benzene ring substituents is 1. The molecule has 0 radical (unpaired) electrons. The van der Waals surface area contributed by atoms with Crippen molar-refractivity contribution in [2.75, 3.05) is 6.61 Å². The number of hydrogen-bond donors (Lipinski definition) is 0. The van der Waals surface area contributed by atoms with Crippen LogP contribution in [0.1, 0.15) is 18.1 Å². The van der Waals surface area contributed by atoms with Crippen molar-refractivity contribution >= 4 is 33.3 Å². The Balaban J connectivity index is 2.39. The maximum atomic E-state index is 10.8. The third-order valence-corrected chi connectivity index (χ3v) is 3.67. The summed E-state index contributed by atoms with van der Waals surface area (Å²) in [7, 11) is 0. The van der Waals surface area contributed by atoms with E-state index in [0.717, 1.165) is 15.8 Å². The molecule has 0 heterocycles. The first-order chi connectivity index (χ1) is 11.0. The van der Waals surface area contributed by atoms with E-state index in [-0.39, 0.29) is 5.69 Å². The number of nitro groups is 1. The Morgan fingerprint density at radius 2 is 2.17 bits per heavy atom. The first kappa shape index (κ1) is 16.7. The van der Waals surface area contributed by atoms with Crippen LogP contribution in [-0.4, -0.2) is 11.5 Å². The lowest BCUT2D eigenvalue weighted by Crippen LogP contribution is -1.92. The van der Waals surface area contributed by atoms with Gasteiger partial charge in [-0.3, -0.25) is 10.1 Å². The Labute approximate surface area is 142 Å². The highest BCUT2D eigenvalue weighted by Gasteiger charge is 2.09. The van der Waals surface area contributed by atoms with E-state index in [4.69, 9.17) is 4.74 Å². The molecule has 0 saturated heterocycles. The highest BCUT2D eigenvalue weighted by molar-refractivity contribution is 9.10. The maximum Gasteiger partial charge on any atom is 0.270 e. The lowest BCUT2D eigenvalue weighted by Gasteiger charge is -2.06. The molecule has 0 aliphatic rings. The SMILES string of the molecule is CCOc1ccc(/C=C(/C#N)c2cccc([N+](=O)[O-])c2)cc1Br. The van der Waals surface area contributed by atoms with Gasteiger partial charge in [0.2, 0.25) is 0 Å². The second-order valence-corrected chi connectivity index (χ2v) is 5.45. The van der Waals surface area contributed by atoms with Gasteiger partial charge in [0.15, 0.2) is 0 Å². The van der Waals surface area contributed by atoms with Crippen LogP contribution in [-0.2, 0) is 0 Å². The Morgan fingerprint density at radius 3 is 2.78 bits per heavy atom. The van der Waals surface area contributed by atoms with Crippen LogP contribution in [0.15, 0.2) is 46.9 Å². The first-order valence-corrected chi connectivity index (χ1v) is 7.63. The molecule has 0 fully saturated rings. The van der Waals surface area contributed by atoms with Gasteiger partial charge in [-0.05, 0) is 52.2 Å². The number of allylic oxidation sites excluding steroid dienone is 1. The zero-order valence-corrected chi connectivity index (χ0v) is 13.9. The van der Waals surface area contributed by atoms with Crippen LogP contribution in [0.25, 0.3) is 11.6 Å². The molecule has 0 atom stereocenters. The average molecular weight is 373 g/mol. The van der Waals surface area contributed by atoms with E-state index in [9.17, 15) is 15.4 Å². The van der Waals surface area contributed by atoms with Crippen molar-refractivity contribution in [3.8, 4) is 11.8 Å². The second kappa shape index (κ2) is 7.56. The van der Waals surface area contributed by atoms with Crippen LogP contribution in [0.4, 0.5) is 5.69 Å². The summed E-state index contributed by atoms with van der Waals surface area (Å²) in [6.45, 7) is 2.46. The van der Waals surface area contributed by atoms with E-state index in [2.05, 4.69) is 22.0 Å². The fraction of sp³-hybridized carbons (Fsp3) is 0.118. The van der Waals surface area contributed by atoms with Gasteiger partial charge in [0.1, 0.15) is 5.75 Å². The van der Waals surface area contributed by atoms with Crippen LogP contribution < -0.4 is 4.74 Å². The number of nitrogens with zero attached hydrogens (tertiary/aromatic N) is 2. The molecule has 0 unspecified atom stereocenters. The minimum absolute atomic E-state index is 0.0449. The molecule has 2 aromatic rings.